The van der Waals surface area contributed by atoms with Gasteiger partial charge in [-0.2, -0.15) is 0 Å². The minimum absolute atomic E-state index is 0.0149. The second kappa shape index (κ2) is 5.55. The molecule has 0 aliphatic heterocycles. The number of nitrogens with two attached hydrogens (primary N) is 1. The number of thioether (sulfide) groups is 1. The zero-order valence-electron chi connectivity index (χ0n) is 9.19. The summed E-state index contributed by atoms with van der Waals surface area (Å²) in [5.74, 6) is 0. The topological polar surface area (TPSA) is 94.9 Å². The van der Waals surface area contributed by atoms with Gasteiger partial charge in [-0.25, -0.2) is 0 Å². The zero-order chi connectivity index (χ0) is 13.1. The molecule has 18 heavy (non-hydrogen) atoms. The number of rotatable bonds is 4. The molecule has 2 rings (SSSR count). The first kappa shape index (κ1) is 13.1. The maximum atomic E-state index is 10.6. The summed E-state index contributed by atoms with van der Waals surface area (Å²) in [5.41, 5.74) is 6.13. The van der Waals surface area contributed by atoms with E-state index in [0.29, 0.717) is 5.69 Å². The first-order valence-corrected chi connectivity index (χ1v) is 7.55. The van der Waals surface area contributed by atoms with Gasteiger partial charge in [0, 0.05) is 17.0 Å². The summed E-state index contributed by atoms with van der Waals surface area (Å²) in [6.45, 7) is 0. The van der Waals surface area contributed by atoms with Crippen LogP contribution in [0.1, 0.15) is 0 Å². The lowest BCUT2D eigenvalue weighted by Crippen LogP contribution is -1.93. The number of hydrogen-bond acceptors (Lipinski definition) is 8. The molecule has 1 heterocycles. The fraction of sp³-hybridized carbons (Fsp3) is 0.111. The highest BCUT2D eigenvalue weighted by Gasteiger charge is 2.11. The van der Waals surface area contributed by atoms with Gasteiger partial charge >= 0.3 is 0 Å². The lowest BCUT2D eigenvalue weighted by Gasteiger charge is -2.01. The zero-order valence-corrected chi connectivity index (χ0v) is 11.6. The average molecular weight is 300 g/mol. The van der Waals surface area contributed by atoms with E-state index < -0.39 is 4.92 Å². The Balaban J connectivity index is 2.21. The minimum atomic E-state index is -0.471. The van der Waals surface area contributed by atoms with Crippen LogP contribution in [0.15, 0.2) is 31.8 Å². The standard InChI is InChI=1S/C9H8N4O2S3/c1-16-8-11-12-9(18-8)17-7-3-2-5(13(14)15)4-6(7)10/h2-4H,10H2,1H3. The molecule has 0 saturated heterocycles. The summed E-state index contributed by atoms with van der Waals surface area (Å²) in [7, 11) is 0. The number of anilines is 1. The molecule has 6 nitrogen and oxygen atoms in total. The van der Waals surface area contributed by atoms with Gasteiger partial charge in [0.1, 0.15) is 0 Å². The molecule has 2 aromatic rings. The van der Waals surface area contributed by atoms with Crippen molar-refractivity contribution in [3.8, 4) is 0 Å². The largest absolute Gasteiger partial charge is 0.398 e. The Hall–Kier alpha value is -1.32. The number of aromatic nitrogens is 2. The molecule has 1 aromatic carbocycles. The van der Waals surface area contributed by atoms with Crippen LogP contribution in [0.5, 0.6) is 0 Å². The summed E-state index contributed by atoms with van der Waals surface area (Å²) in [6, 6.07) is 4.40. The maximum Gasteiger partial charge on any atom is 0.271 e. The van der Waals surface area contributed by atoms with Crippen LogP contribution in [-0.4, -0.2) is 21.4 Å². The van der Waals surface area contributed by atoms with Crippen molar-refractivity contribution >= 4 is 46.2 Å². The number of nitro benzene ring substituents is 1. The van der Waals surface area contributed by atoms with E-state index in [4.69, 9.17) is 5.73 Å². The van der Waals surface area contributed by atoms with Crippen molar-refractivity contribution in [2.75, 3.05) is 12.0 Å². The minimum Gasteiger partial charge on any atom is -0.398 e. The third-order valence-corrected chi connectivity index (χ3v) is 5.01. The highest BCUT2D eigenvalue weighted by molar-refractivity contribution is 8.03. The van der Waals surface area contributed by atoms with Crippen molar-refractivity contribution in [3.05, 3.63) is 28.3 Å². The monoisotopic (exact) mass is 300 g/mol. The molecule has 0 fully saturated rings. The molecule has 0 bridgehead atoms. The number of nitrogen functional groups attached to an aromatic ring is 1. The molecule has 1 aromatic heterocycles. The Kier molecular flexibility index (Phi) is 4.04. The predicted octanol–water partition coefficient (Wildman–Crippen LogP) is 2.90. The highest BCUT2D eigenvalue weighted by Crippen LogP contribution is 2.36. The Morgan fingerprint density at radius 3 is 2.67 bits per heavy atom. The Bertz CT molecular complexity index is 587. The van der Waals surface area contributed by atoms with Gasteiger partial charge in [-0.15, -0.1) is 10.2 Å². The van der Waals surface area contributed by atoms with Gasteiger partial charge in [0.15, 0.2) is 8.68 Å². The van der Waals surface area contributed by atoms with Gasteiger partial charge in [0.25, 0.3) is 5.69 Å². The predicted molar refractivity (Wildman–Crippen MR) is 73.3 cm³/mol. The van der Waals surface area contributed by atoms with Gasteiger partial charge in [0.05, 0.1) is 10.6 Å². The molecule has 0 atom stereocenters. The molecule has 2 N–H and O–H groups in total. The number of non-ortho nitro benzene ring substituents is 1. The molecule has 0 amide bonds. The normalized spacial score (nSPS) is 10.5. The molecule has 0 spiro atoms. The van der Waals surface area contributed by atoms with Crippen LogP contribution in [0, 0.1) is 10.1 Å². The van der Waals surface area contributed by atoms with Crippen molar-refractivity contribution in [3.63, 3.8) is 0 Å². The van der Waals surface area contributed by atoms with Gasteiger partial charge in [0.2, 0.25) is 0 Å². The van der Waals surface area contributed by atoms with Crippen molar-refractivity contribution in [1.82, 2.24) is 10.2 Å². The summed E-state index contributed by atoms with van der Waals surface area (Å²) in [5, 5.41) is 18.6. The maximum absolute atomic E-state index is 10.6. The lowest BCUT2D eigenvalue weighted by molar-refractivity contribution is -0.384. The van der Waals surface area contributed by atoms with E-state index in [1.807, 2.05) is 6.26 Å². The third kappa shape index (κ3) is 2.92. The van der Waals surface area contributed by atoms with Crippen LogP contribution in [0.25, 0.3) is 0 Å². The summed E-state index contributed by atoms with van der Waals surface area (Å²) in [6.07, 6.45) is 1.93. The summed E-state index contributed by atoms with van der Waals surface area (Å²) < 4.78 is 1.64. The van der Waals surface area contributed by atoms with Gasteiger partial charge in [-0.05, 0) is 12.3 Å². The number of nitro groups is 1. The van der Waals surface area contributed by atoms with E-state index in [-0.39, 0.29) is 5.69 Å². The molecular weight excluding hydrogens is 292 g/mol. The molecule has 94 valence electrons. The lowest BCUT2D eigenvalue weighted by atomic mass is 10.3. The highest BCUT2D eigenvalue weighted by atomic mass is 32.2. The molecule has 0 aliphatic rings. The van der Waals surface area contributed by atoms with Gasteiger partial charge in [-0.3, -0.25) is 10.1 Å². The van der Waals surface area contributed by atoms with E-state index in [9.17, 15) is 10.1 Å². The molecular formula is C9H8N4O2S3. The van der Waals surface area contributed by atoms with E-state index in [1.165, 1.54) is 47.0 Å². The second-order valence-electron chi connectivity index (χ2n) is 3.12. The van der Waals surface area contributed by atoms with Crippen LogP contribution in [0.3, 0.4) is 0 Å². The third-order valence-electron chi connectivity index (χ3n) is 1.96. The molecule has 0 unspecified atom stereocenters. The van der Waals surface area contributed by atoms with Crippen molar-refractivity contribution < 1.29 is 4.92 Å². The fourth-order valence-corrected chi connectivity index (χ4v) is 3.58. The average Bonchev–Trinajstić information content (AvgIpc) is 2.79. The molecule has 9 heteroatoms. The molecule has 0 aliphatic carbocycles. The Morgan fingerprint density at radius 2 is 2.11 bits per heavy atom. The fourth-order valence-electron chi connectivity index (χ4n) is 1.16. The number of hydrogen-bond donors (Lipinski definition) is 1. The van der Waals surface area contributed by atoms with Crippen molar-refractivity contribution in [2.45, 2.75) is 13.6 Å². The Labute approximate surface area is 115 Å². The van der Waals surface area contributed by atoms with E-state index >= 15 is 0 Å². The summed E-state index contributed by atoms with van der Waals surface area (Å²) >= 11 is 4.34. The van der Waals surface area contributed by atoms with Crippen LogP contribution in [-0.2, 0) is 0 Å². The van der Waals surface area contributed by atoms with Gasteiger partial charge in [-0.1, -0.05) is 34.9 Å². The van der Waals surface area contributed by atoms with Crippen molar-refractivity contribution in [1.29, 1.82) is 0 Å². The smallest absolute Gasteiger partial charge is 0.271 e. The first-order chi connectivity index (χ1) is 8.60. The Morgan fingerprint density at radius 1 is 1.39 bits per heavy atom. The second-order valence-corrected chi connectivity index (χ2v) is 6.44. The van der Waals surface area contributed by atoms with E-state index in [0.717, 1.165) is 13.6 Å². The number of benzene rings is 1. The number of nitrogens with zero attached hydrogens (tertiary/aromatic N) is 3. The quantitative estimate of drug-likeness (QED) is 0.401. The molecule has 0 radical (unpaired) electrons. The van der Waals surface area contributed by atoms with Gasteiger partial charge < -0.3 is 5.73 Å². The first-order valence-electron chi connectivity index (χ1n) is 4.69. The van der Waals surface area contributed by atoms with E-state index in [2.05, 4.69) is 10.2 Å². The van der Waals surface area contributed by atoms with Crippen molar-refractivity contribution in [2.24, 2.45) is 0 Å². The van der Waals surface area contributed by atoms with Crippen LogP contribution in [0.2, 0.25) is 0 Å². The van der Waals surface area contributed by atoms with Crippen LogP contribution >= 0.6 is 34.9 Å². The van der Waals surface area contributed by atoms with Crippen LogP contribution < -0.4 is 5.73 Å². The summed E-state index contributed by atoms with van der Waals surface area (Å²) in [4.78, 5) is 10.9. The molecule has 0 saturated carbocycles. The van der Waals surface area contributed by atoms with Crippen LogP contribution in [0.4, 0.5) is 11.4 Å². The SMILES string of the molecule is CSc1nnc(Sc2ccc([N+](=O)[O-])cc2N)s1. The van der Waals surface area contributed by atoms with E-state index in [1.54, 1.807) is 6.07 Å².